The number of halogens is 1. The van der Waals surface area contributed by atoms with Gasteiger partial charge >= 0.3 is 0 Å². The monoisotopic (exact) mass is 355 g/mol. The third-order valence-corrected chi connectivity index (χ3v) is 3.48. The van der Waals surface area contributed by atoms with E-state index in [4.69, 9.17) is 13.9 Å². The van der Waals surface area contributed by atoms with Crippen molar-refractivity contribution in [1.29, 1.82) is 0 Å². The van der Waals surface area contributed by atoms with Crippen LogP contribution in [0.1, 0.15) is 16.3 Å². The average Bonchev–Trinajstić information content (AvgIpc) is 3.15. The second kappa shape index (κ2) is 8.71. The molecule has 134 valence electrons. The first-order valence-electron chi connectivity index (χ1n) is 8.14. The number of amides is 1. The molecule has 0 spiro atoms. The molecule has 0 bridgehead atoms. The minimum Gasteiger partial charge on any atom is -0.492 e. The summed E-state index contributed by atoms with van der Waals surface area (Å²) < 4.78 is 29.3. The lowest BCUT2D eigenvalue weighted by atomic mass is 10.3. The molecule has 0 unspecified atom stereocenters. The molecule has 0 radical (unpaired) electrons. The van der Waals surface area contributed by atoms with Crippen molar-refractivity contribution in [1.82, 2.24) is 5.32 Å². The fourth-order valence-corrected chi connectivity index (χ4v) is 2.20. The van der Waals surface area contributed by atoms with Gasteiger partial charge in [0.2, 0.25) is 0 Å². The Morgan fingerprint density at radius 1 is 0.923 bits per heavy atom. The maximum absolute atomic E-state index is 12.8. The van der Waals surface area contributed by atoms with E-state index in [1.54, 1.807) is 12.1 Å². The molecule has 1 heterocycles. The molecular weight excluding hydrogens is 337 g/mol. The molecule has 26 heavy (non-hydrogen) atoms. The van der Waals surface area contributed by atoms with Gasteiger partial charge in [-0.05, 0) is 48.5 Å². The predicted molar refractivity (Wildman–Crippen MR) is 93.7 cm³/mol. The minimum atomic E-state index is -0.328. The van der Waals surface area contributed by atoms with Gasteiger partial charge in [0.1, 0.15) is 36.3 Å². The van der Waals surface area contributed by atoms with Crippen LogP contribution >= 0.6 is 0 Å². The summed E-state index contributed by atoms with van der Waals surface area (Å²) in [5.41, 5.74) is 0. The molecule has 1 N–H and O–H groups in total. The lowest BCUT2D eigenvalue weighted by Gasteiger charge is -2.06. The van der Waals surface area contributed by atoms with Gasteiger partial charge in [-0.2, -0.15) is 0 Å². The quantitative estimate of drug-likeness (QED) is 0.624. The standard InChI is InChI=1S/C20H18FNO4/c21-15-6-8-17(9-7-15)25-14-18-10-11-19(26-18)20(23)22-12-13-24-16-4-2-1-3-5-16/h1-11H,12-14H2,(H,22,23). The molecule has 3 aromatic rings. The van der Waals surface area contributed by atoms with Gasteiger partial charge in [-0.3, -0.25) is 4.79 Å². The van der Waals surface area contributed by atoms with Crippen molar-refractivity contribution in [2.45, 2.75) is 6.61 Å². The number of hydrogen-bond donors (Lipinski definition) is 1. The van der Waals surface area contributed by atoms with E-state index >= 15 is 0 Å². The van der Waals surface area contributed by atoms with Crippen LogP contribution in [0.3, 0.4) is 0 Å². The van der Waals surface area contributed by atoms with E-state index in [-0.39, 0.29) is 24.1 Å². The number of carbonyl (C=O) groups is 1. The molecule has 0 aliphatic carbocycles. The van der Waals surface area contributed by atoms with Crippen LogP contribution in [0.2, 0.25) is 0 Å². The Bertz CT molecular complexity index is 831. The summed E-state index contributed by atoms with van der Waals surface area (Å²) in [5.74, 6) is 1.31. The van der Waals surface area contributed by atoms with Crippen LogP contribution in [0.4, 0.5) is 4.39 Å². The first-order chi connectivity index (χ1) is 12.7. The Kier molecular flexibility index (Phi) is 5.88. The third-order valence-electron chi connectivity index (χ3n) is 3.48. The van der Waals surface area contributed by atoms with Crippen LogP contribution in [0.5, 0.6) is 11.5 Å². The van der Waals surface area contributed by atoms with Crippen molar-refractivity contribution in [2.24, 2.45) is 0 Å². The van der Waals surface area contributed by atoms with E-state index in [9.17, 15) is 9.18 Å². The molecule has 0 saturated carbocycles. The van der Waals surface area contributed by atoms with Gasteiger partial charge in [-0.15, -0.1) is 0 Å². The highest BCUT2D eigenvalue weighted by atomic mass is 19.1. The predicted octanol–water partition coefficient (Wildman–Crippen LogP) is 3.81. The number of para-hydroxylation sites is 1. The minimum absolute atomic E-state index is 0.149. The number of nitrogens with one attached hydrogen (secondary N) is 1. The highest BCUT2D eigenvalue weighted by Gasteiger charge is 2.11. The van der Waals surface area contributed by atoms with Crippen LogP contribution in [-0.4, -0.2) is 19.1 Å². The molecule has 0 aliphatic rings. The second-order valence-corrected chi connectivity index (χ2v) is 5.43. The first kappa shape index (κ1) is 17.5. The summed E-state index contributed by atoms with van der Waals surface area (Å²) in [6.45, 7) is 0.864. The summed E-state index contributed by atoms with van der Waals surface area (Å²) in [6, 6.07) is 18.3. The lowest BCUT2D eigenvalue weighted by molar-refractivity contribution is 0.0915. The van der Waals surface area contributed by atoms with Crippen molar-refractivity contribution < 1.29 is 23.1 Å². The number of ether oxygens (including phenoxy) is 2. The third kappa shape index (κ3) is 5.11. The van der Waals surface area contributed by atoms with Gasteiger partial charge in [-0.1, -0.05) is 18.2 Å². The normalized spacial score (nSPS) is 10.3. The molecule has 5 nitrogen and oxygen atoms in total. The van der Waals surface area contributed by atoms with Crippen LogP contribution in [-0.2, 0) is 6.61 Å². The summed E-state index contributed by atoms with van der Waals surface area (Å²) in [5, 5.41) is 2.72. The van der Waals surface area contributed by atoms with Crippen molar-refractivity contribution in [3.8, 4) is 11.5 Å². The maximum atomic E-state index is 12.8. The largest absolute Gasteiger partial charge is 0.492 e. The molecular formula is C20H18FNO4. The molecule has 1 amide bonds. The zero-order valence-electron chi connectivity index (χ0n) is 14.0. The first-order valence-corrected chi connectivity index (χ1v) is 8.14. The van der Waals surface area contributed by atoms with Gasteiger partial charge in [0.25, 0.3) is 5.91 Å². The molecule has 0 aliphatic heterocycles. The molecule has 0 fully saturated rings. The van der Waals surface area contributed by atoms with Crippen LogP contribution < -0.4 is 14.8 Å². The fraction of sp³-hybridized carbons (Fsp3) is 0.150. The molecule has 1 aromatic heterocycles. The highest BCUT2D eigenvalue weighted by molar-refractivity contribution is 5.91. The highest BCUT2D eigenvalue weighted by Crippen LogP contribution is 2.15. The van der Waals surface area contributed by atoms with Crippen molar-refractivity contribution >= 4 is 5.91 Å². The van der Waals surface area contributed by atoms with Crippen LogP contribution in [0, 0.1) is 5.82 Å². The topological polar surface area (TPSA) is 60.7 Å². The van der Waals surface area contributed by atoms with E-state index in [0.29, 0.717) is 24.7 Å². The van der Waals surface area contributed by atoms with E-state index in [1.165, 1.54) is 24.3 Å². The van der Waals surface area contributed by atoms with E-state index in [0.717, 1.165) is 5.75 Å². The average molecular weight is 355 g/mol. The van der Waals surface area contributed by atoms with Gasteiger partial charge in [0.15, 0.2) is 5.76 Å². The Labute approximate surface area is 150 Å². The van der Waals surface area contributed by atoms with Gasteiger partial charge in [0.05, 0.1) is 6.54 Å². The Morgan fingerprint density at radius 2 is 1.65 bits per heavy atom. The summed E-state index contributed by atoms with van der Waals surface area (Å²) in [4.78, 5) is 12.0. The van der Waals surface area contributed by atoms with Crippen LogP contribution in [0.25, 0.3) is 0 Å². The molecule has 2 aromatic carbocycles. The van der Waals surface area contributed by atoms with Crippen LogP contribution in [0.15, 0.2) is 71.1 Å². The summed E-state index contributed by atoms with van der Waals surface area (Å²) in [7, 11) is 0. The lowest BCUT2D eigenvalue weighted by Crippen LogP contribution is -2.27. The zero-order valence-corrected chi connectivity index (χ0v) is 14.0. The number of furan rings is 1. The maximum Gasteiger partial charge on any atom is 0.287 e. The number of benzene rings is 2. The summed E-state index contributed by atoms with van der Waals surface area (Å²) >= 11 is 0. The molecule has 6 heteroatoms. The van der Waals surface area contributed by atoms with E-state index in [2.05, 4.69) is 5.32 Å². The zero-order chi connectivity index (χ0) is 18.2. The molecule has 3 rings (SSSR count). The Morgan fingerprint density at radius 3 is 2.42 bits per heavy atom. The fourth-order valence-electron chi connectivity index (χ4n) is 2.20. The molecule has 0 atom stereocenters. The van der Waals surface area contributed by atoms with Crippen molar-refractivity contribution in [3.05, 3.63) is 84.1 Å². The Hall–Kier alpha value is -3.28. The van der Waals surface area contributed by atoms with E-state index in [1.807, 2.05) is 30.3 Å². The van der Waals surface area contributed by atoms with Gasteiger partial charge < -0.3 is 19.2 Å². The number of carbonyl (C=O) groups excluding carboxylic acids is 1. The molecule has 0 saturated heterocycles. The van der Waals surface area contributed by atoms with Gasteiger partial charge in [0, 0.05) is 0 Å². The Balaban J connectivity index is 1.41. The van der Waals surface area contributed by atoms with Crippen molar-refractivity contribution in [2.75, 3.05) is 13.2 Å². The smallest absolute Gasteiger partial charge is 0.287 e. The second-order valence-electron chi connectivity index (χ2n) is 5.43. The van der Waals surface area contributed by atoms with Crippen molar-refractivity contribution in [3.63, 3.8) is 0 Å². The number of rotatable bonds is 8. The van der Waals surface area contributed by atoms with E-state index < -0.39 is 0 Å². The SMILES string of the molecule is O=C(NCCOc1ccccc1)c1ccc(COc2ccc(F)cc2)o1. The number of hydrogen-bond acceptors (Lipinski definition) is 4. The van der Waals surface area contributed by atoms with Gasteiger partial charge in [-0.25, -0.2) is 4.39 Å². The summed E-state index contributed by atoms with van der Waals surface area (Å²) in [6.07, 6.45) is 0.